The van der Waals surface area contributed by atoms with Gasteiger partial charge in [-0.25, -0.2) is 9.37 Å². The molecule has 0 aliphatic heterocycles. The van der Waals surface area contributed by atoms with Crippen molar-refractivity contribution in [1.29, 1.82) is 5.26 Å². The van der Waals surface area contributed by atoms with Gasteiger partial charge in [-0.3, -0.25) is 0 Å². The Hall–Kier alpha value is -2.19. The Kier molecular flexibility index (Phi) is 3.17. The lowest BCUT2D eigenvalue weighted by Gasteiger charge is -2.03. The van der Waals surface area contributed by atoms with E-state index in [1.807, 2.05) is 16.8 Å². The molecule has 0 aliphatic rings. The van der Waals surface area contributed by atoms with E-state index >= 15 is 0 Å². The van der Waals surface area contributed by atoms with Crippen molar-refractivity contribution in [2.75, 3.05) is 0 Å². The minimum atomic E-state index is -0.496. The summed E-state index contributed by atoms with van der Waals surface area (Å²) in [6.45, 7) is 0.932. The fourth-order valence-electron chi connectivity index (χ4n) is 1.57. The highest BCUT2D eigenvalue weighted by Crippen LogP contribution is 2.11. The Labute approximate surface area is 98.1 Å². The number of benzene rings is 1. The SMILES string of the molecule is N#Cc1cc(Cn2cnc(CN)c2)ccc1F. The second kappa shape index (κ2) is 4.76. The van der Waals surface area contributed by atoms with Gasteiger partial charge >= 0.3 is 0 Å². The lowest BCUT2D eigenvalue weighted by molar-refractivity contribution is 0.622. The minimum Gasteiger partial charge on any atom is -0.333 e. The van der Waals surface area contributed by atoms with Gasteiger partial charge in [0.05, 0.1) is 17.6 Å². The maximum absolute atomic E-state index is 13.1. The predicted octanol–water partition coefficient (Wildman–Crippen LogP) is 1.40. The van der Waals surface area contributed by atoms with Crippen molar-refractivity contribution in [3.05, 3.63) is 53.4 Å². The number of aromatic nitrogens is 2. The molecular formula is C12H11FN4. The molecule has 5 heteroatoms. The Bertz CT molecular complexity index is 568. The predicted molar refractivity (Wildman–Crippen MR) is 60.3 cm³/mol. The maximum atomic E-state index is 13.1. The van der Waals surface area contributed by atoms with Crippen molar-refractivity contribution >= 4 is 0 Å². The van der Waals surface area contributed by atoms with Gasteiger partial charge in [-0.2, -0.15) is 5.26 Å². The average molecular weight is 230 g/mol. The van der Waals surface area contributed by atoms with Gasteiger partial charge in [-0.15, -0.1) is 0 Å². The van der Waals surface area contributed by atoms with Gasteiger partial charge in [-0.1, -0.05) is 6.07 Å². The Morgan fingerprint density at radius 1 is 1.47 bits per heavy atom. The quantitative estimate of drug-likeness (QED) is 0.866. The molecule has 0 aliphatic carbocycles. The van der Waals surface area contributed by atoms with E-state index in [4.69, 9.17) is 11.0 Å². The molecule has 1 aromatic heterocycles. The summed E-state index contributed by atoms with van der Waals surface area (Å²) in [6, 6.07) is 6.31. The number of nitrogens with zero attached hydrogens (tertiary/aromatic N) is 3. The van der Waals surface area contributed by atoms with Gasteiger partial charge < -0.3 is 10.3 Å². The lowest BCUT2D eigenvalue weighted by atomic mass is 10.1. The molecule has 17 heavy (non-hydrogen) atoms. The van der Waals surface area contributed by atoms with Crippen LogP contribution in [-0.4, -0.2) is 9.55 Å². The molecule has 0 amide bonds. The van der Waals surface area contributed by atoms with E-state index < -0.39 is 5.82 Å². The molecule has 1 heterocycles. The van der Waals surface area contributed by atoms with Crippen LogP contribution in [0.15, 0.2) is 30.7 Å². The number of hydrogen-bond donors (Lipinski definition) is 1. The smallest absolute Gasteiger partial charge is 0.140 e. The summed E-state index contributed by atoms with van der Waals surface area (Å²) in [5.41, 5.74) is 7.16. The minimum absolute atomic E-state index is 0.0571. The van der Waals surface area contributed by atoms with Crippen LogP contribution in [0.5, 0.6) is 0 Å². The van der Waals surface area contributed by atoms with E-state index in [1.165, 1.54) is 12.1 Å². The molecule has 2 rings (SSSR count). The molecular weight excluding hydrogens is 219 g/mol. The third-order valence-corrected chi connectivity index (χ3v) is 2.41. The average Bonchev–Trinajstić information content (AvgIpc) is 2.79. The fraction of sp³-hybridized carbons (Fsp3) is 0.167. The Morgan fingerprint density at radius 2 is 2.29 bits per heavy atom. The second-order valence-corrected chi connectivity index (χ2v) is 3.67. The number of rotatable bonds is 3. The van der Waals surface area contributed by atoms with Gasteiger partial charge in [0.2, 0.25) is 0 Å². The van der Waals surface area contributed by atoms with Crippen molar-refractivity contribution < 1.29 is 4.39 Å². The first-order valence-electron chi connectivity index (χ1n) is 5.12. The lowest BCUT2D eigenvalue weighted by Crippen LogP contribution is -1.99. The first-order valence-corrected chi connectivity index (χ1v) is 5.12. The Morgan fingerprint density at radius 3 is 2.94 bits per heavy atom. The van der Waals surface area contributed by atoms with Crippen LogP contribution < -0.4 is 5.73 Å². The highest BCUT2D eigenvalue weighted by molar-refractivity contribution is 5.34. The molecule has 0 radical (unpaired) electrons. The van der Waals surface area contributed by atoms with Crippen molar-refractivity contribution in [3.63, 3.8) is 0 Å². The third-order valence-electron chi connectivity index (χ3n) is 2.41. The number of nitriles is 1. The van der Waals surface area contributed by atoms with E-state index in [9.17, 15) is 4.39 Å². The molecule has 86 valence electrons. The molecule has 4 nitrogen and oxygen atoms in total. The summed E-state index contributed by atoms with van der Waals surface area (Å²) >= 11 is 0. The maximum Gasteiger partial charge on any atom is 0.140 e. The van der Waals surface area contributed by atoms with Gasteiger partial charge in [0.15, 0.2) is 0 Å². The van der Waals surface area contributed by atoms with Crippen molar-refractivity contribution in [3.8, 4) is 6.07 Å². The van der Waals surface area contributed by atoms with Crippen LogP contribution in [0.1, 0.15) is 16.8 Å². The zero-order valence-electron chi connectivity index (χ0n) is 9.10. The fourth-order valence-corrected chi connectivity index (χ4v) is 1.57. The zero-order valence-corrected chi connectivity index (χ0v) is 9.10. The van der Waals surface area contributed by atoms with Crippen LogP contribution in [0.2, 0.25) is 0 Å². The number of imidazole rings is 1. The summed E-state index contributed by atoms with van der Waals surface area (Å²) in [5, 5.41) is 8.73. The number of nitrogens with two attached hydrogens (primary N) is 1. The largest absolute Gasteiger partial charge is 0.333 e. The molecule has 0 fully saturated rings. The number of hydrogen-bond acceptors (Lipinski definition) is 3. The highest BCUT2D eigenvalue weighted by atomic mass is 19.1. The standard InChI is InChI=1S/C12H11FN4/c13-12-2-1-9(3-10(12)4-14)6-17-7-11(5-15)16-8-17/h1-3,7-8H,5-6,15H2. The van der Waals surface area contributed by atoms with Crippen LogP contribution >= 0.6 is 0 Å². The van der Waals surface area contributed by atoms with E-state index in [0.29, 0.717) is 13.1 Å². The molecule has 0 atom stereocenters. The summed E-state index contributed by atoms with van der Waals surface area (Å²) in [4.78, 5) is 4.09. The van der Waals surface area contributed by atoms with Gasteiger partial charge in [-0.05, 0) is 17.7 Å². The van der Waals surface area contributed by atoms with Gasteiger partial charge in [0, 0.05) is 19.3 Å². The molecule has 0 saturated carbocycles. The summed E-state index contributed by atoms with van der Waals surface area (Å²) in [7, 11) is 0. The molecule has 0 bridgehead atoms. The molecule has 2 N–H and O–H groups in total. The summed E-state index contributed by atoms with van der Waals surface area (Å²) in [5.74, 6) is -0.496. The van der Waals surface area contributed by atoms with Crippen LogP contribution in [0, 0.1) is 17.1 Å². The summed E-state index contributed by atoms with van der Waals surface area (Å²) in [6.07, 6.45) is 3.49. The number of halogens is 1. The van der Waals surface area contributed by atoms with Crippen LogP contribution in [-0.2, 0) is 13.1 Å². The van der Waals surface area contributed by atoms with Gasteiger partial charge in [0.25, 0.3) is 0 Å². The van der Waals surface area contributed by atoms with E-state index in [0.717, 1.165) is 11.3 Å². The normalized spacial score (nSPS) is 10.2. The van der Waals surface area contributed by atoms with Crippen LogP contribution in [0.4, 0.5) is 4.39 Å². The van der Waals surface area contributed by atoms with E-state index in [1.54, 1.807) is 12.4 Å². The topological polar surface area (TPSA) is 67.6 Å². The molecule has 0 spiro atoms. The van der Waals surface area contributed by atoms with Gasteiger partial charge in [0.1, 0.15) is 11.9 Å². The summed E-state index contributed by atoms with van der Waals surface area (Å²) < 4.78 is 15.0. The molecule has 2 aromatic rings. The van der Waals surface area contributed by atoms with E-state index in [-0.39, 0.29) is 5.56 Å². The van der Waals surface area contributed by atoms with Crippen molar-refractivity contribution in [2.45, 2.75) is 13.1 Å². The van der Waals surface area contributed by atoms with Crippen molar-refractivity contribution in [2.24, 2.45) is 5.73 Å². The zero-order chi connectivity index (χ0) is 12.3. The first kappa shape index (κ1) is 11.3. The van der Waals surface area contributed by atoms with Crippen LogP contribution in [0.25, 0.3) is 0 Å². The third kappa shape index (κ3) is 2.49. The molecule has 0 unspecified atom stereocenters. The van der Waals surface area contributed by atoms with Crippen molar-refractivity contribution in [1.82, 2.24) is 9.55 Å². The Balaban J connectivity index is 2.21. The molecule has 1 aromatic carbocycles. The van der Waals surface area contributed by atoms with Crippen LogP contribution in [0.3, 0.4) is 0 Å². The van der Waals surface area contributed by atoms with E-state index in [2.05, 4.69) is 4.98 Å². The monoisotopic (exact) mass is 230 g/mol. The first-order chi connectivity index (χ1) is 8.22. The highest BCUT2D eigenvalue weighted by Gasteiger charge is 2.03. The molecule has 0 saturated heterocycles. The second-order valence-electron chi connectivity index (χ2n) is 3.67.